The van der Waals surface area contributed by atoms with Crippen molar-refractivity contribution in [2.75, 3.05) is 0 Å². The van der Waals surface area contributed by atoms with Gasteiger partial charge in [0, 0.05) is 11.8 Å². The summed E-state index contributed by atoms with van der Waals surface area (Å²) in [5, 5.41) is 13.7. The average Bonchev–Trinajstić information content (AvgIpc) is 2.73. The van der Waals surface area contributed by atoms with Gasteiger partial charge in [-0.2, -0.15) is 0 Å². The third-order valence-corrected chi connectivity index (χ3v) is 4.41. The molecule has 0 spiro atoms. The minimum absolute atomic E-state index is 0.427. The molecule has 2 aromatic heterocycles. The summed E-state index contributed by atoms with van der Waals surface area (Å²) in [5.41, 5.74) is 2.00. The fraction of sp³-hybridized carbons (Fsp3) is 0.455. The van der Waals surface area contributed by atoms with E-state index >= 15 is 0 Å². The van der Waals surface area contributed by atoms with E-state index in [0.717, 1.165) is 32.7 Å². The lowest BCUT2D eigenvalue weighted by Crippen LogP contribution is -1.89. The maximum absolute atomic E-state index is 9.54. The van der Waals surface area contributed by atoms with Crippen LogP contribution in [0.4, 0.5) is 0 Å². The lowest BCUT2D eigenvalue weighted by molar-refractivity contribution is 0.202. The van der Waals surface area contributed by atoms with Crippen LogP contribution in [0.15, 0.2) is 5.38 Å². The summed E-state index contributed by atoms with van der Waals surface area (Å²) in [5.74, 6) is 0. The number of thiazole rings is 2. The molecule has 2 rings (SSSR count). The summed E-state index contributed by atoms with van der Waals surface area (Å²) >= 11 is 3.23. The van der Waals surface area contributed by atoms with Crippen LogP contribution in [0.3, 0.4) is 0 Å². The average molecular weight is 254 g/mol. The Hall–Kier alpha value is -0.780. The number of hydrogen-bond acceptors (Lipinski definition) is 5. The molecule has 1 atom stereocenters. The fourth-order valence-corrected chi connectivity index (χ4v) is 3.21. The number of aliphatic hydroxyl groups excluding tert-OH is 1. The van der Waals surface area contributed by atoms with Gasteiger partial charge in [-0.15, -0.1) is 22.7 Å². The molecule has 5 heteroatoms. The van der Waals surface area contributed by atoms with Crippen LogP contribution in [-0.4, -0.2) is 15.1 Å². The van der Waals surface area contributed by atoms with Crippen molar-refractivity contribution < 1.29 is 5.11 Å². The Kier molecular flexibility index (Phi) is 3.37. The van der Waals surface area contributed by atoms with Gasteiger partial charge in [-0.1, -0.05) is 0 Å². The molecule has 0 amide bonds. The largest absolute Gasteiger partial charge is 0.388 e. The first-order valence-corrected chi connectivity index (χ1v) is 6.81. The Morgan fingerprint density at radius 1 is 1.38 bits per heavy atom. The molecule has 3 nitrogen and oxygen atoms in total. The van der Waals surface area contributed by atoms with Crippen molar-refractivity contribution in [1.29, 1.82) is 0 Å². The molecule has 0 fully saturated rings. The number of aryl methyl sites for hydroxylation is 2. The van der Waals surface area contributed by atoms with Crippen LogP contribution in [0.1, 0.15) is 39.3 Å². The van der Waals surface area contributed by atoms with Crippen LogP contribution in [0.25, 0.3) is 0 Å². The van der Waals surface area contributed by atoms with Crippen LogP contribution in [0, 0.1) is 13.8 Å². The highest BCUT2D eigenvalue weighted by Gasteiger charge is 2.12. The van der Waals surface area contributed by atoms with E-state index in [9.17, 15) is 5.11 Å². The summed E-state index contributed by atoms with van der Waals surface area (Å²) < 4.78 is 0. The monoisotopic (exact) mass is 254 g/mol. The molecule has 2 heterocycles. The van der Waals surface area contributed by atoms with Crippen molar-refractivity contribution in [3.05, 3.63) is 31.7 Å². The molecule has 0 aliphatic rings. The number of aromatic nitrogens is 2. The molecule has 0 bridgehead atoms. The molecule has 16 heavy (non-hydrogen) atoms. The SMILES string of the molecule is Cc1nc(Cc2nc(C)c(C(C)O)s2)cs1. The Labute approximate surface area is 103 Å². The number of hydrogen-bond donors (Lipinski definition) is 1. The summed E-state index contributed by atoms with van der Waals surface area (Å²) in [7, 11) is 0. The first-order valence-electron chi connectivity index (χ1n) is 5.11. The van der Waals surface area contributed by atoms with Crippen LogP contribution in [0.2, 0.25) is 0 Å². The molecule has 0 aliphatic carbocycles. The first-order chi connectivity index (χ1) is 7.56. The van der Waals surface area contributed by atoms with Crippen molar-refractivity contribution in [2.24, 2.45) is 0 Å². The van der Waals surface area contributed by atoms with Crippen molar-refractivity contribution in [2.45, 2.75) is 33.3 Å². The van der Waals surface area contributed by atoms with Crippen LogP contribution in [-0.2, 0) is 6.42 Å². The van der Waals surface area contributed by atoms with Gasteiger partial charge in [0.05, 0.1) is 32.4 Å². The maximum Gasteiger partial charge on any atom is 0.0991 e. The van der Waals surface area contributed by atoms with Crippen molar-refractivity contribution in [1.82, 2.24) is 9.97 Å². The zero-order valence-corrected chi connectivity index (χ0v) is 11.2. The standard InChI is InChI=1S/C11H14N2OS2/c1-6-11(7(2)14)16-10(12-6)4-9-5-15-8(3)13-9/h5,7,14H,4H2,1-3H3. The van der Waals surface area contributed by atoms with E-state index < -0.39 is 6.10 Å². The molecule has 0 aromatic carbocycles. The highest BCUT2D eigenvalue weighted by atomic mass is 32.1. The van der Waals surface area contributed by atoms with E-state index in [2.05, 4.69) is 15.3 Å². The molecule has 0 saturated heterocycles. The number of aliphatic hydroxyl groups is 1. The van der Waals surface area contributed by atoms with Gasteiger partial charge < -0.3 is 5.11 Å². The summed E-state index contributed by atoms with van der Waals surface area (Å²) in [6.45, 7) is 5.72. The lowest BCUT2D eigenvalue weighted by atomic mass is 10.3. The molecular weight excluding hydrogens is 240 g/mol. The Morgan fingerprint density at radius 3 is 2.62 bits per heavy atom. The molecule has 2 aromatic rings. The smallest absolute Gasteiger partial charge is 0.0991 e. The molecule has 86 valence electrons. The summed E-state index contributed by atoms with van der Waals surface area (Å²) in [6, 6.07) is 0. The van der Waals surface area contributed by atoms with E-state index in [4.69, 9.17) is 0 Å². The third kappa shape index (κ3) is 2.48. The van der Waals surface area contributed by atoms with Crippen molar-refractivity contribution in [3.8, 4) is 0 Å². The number of rotatable bonds is 3. The van der Waals surface area contributed by atoms with Gasteiger partial charge >= 0.3 is 0 Å². The second-order valence-electron chi connectivity index (χ2n) is 3.77. The topological polar surface area (TPSA) is 46.0 Å². The van der Waals surface area contributed by atoms with Gasteiger partial charge in [0.1, 0.15) is 0 Å². The molecule has 1 unspecified atom stereocenters. The first kappa shape index (κ1) is 11.7. The van der Waals surface area contributed by atoms with Crippen LogP contribution < -0.4 is 0 Å². The molecule has 0 aliphatic heterocycles. The van der Waals surface area contributed by atoms with Gasteiger partial charge in [-0.3, -0.25) is 0 Å². The molecule has 0 radical (unpaired) electrons. The highest BCUT2D eigenvalue weighted by molar-refractivity contribution is 7.12. The van der Waals surface area contributed by atoms with Gasteiger partial charge in [0.15, 0.2) is 0 Å². The lowest BCUT2D eigenvalue weighted by Gasteiger charge is -1.98. The van der Waals surface area contributed by atoms with Crippen LogP contribution >= 0.6 is 22.7 Å². The van der Waals surface area contributed by atoms with Gasteiger partial charge in [-0.05, 0) is 20.8 Å². The number of nitrogens with zero attached hydrogens (tertiary/aromatic N) is 2. The van der Waals surface area contributed by atoms with Gasteiger partial charge in [0.25, 0.3) is 0 Å². The van der Waals surface area contributed by atoms with Crippen molar-refractivity contribution >= 4 is 22.7 Å². The zero-order valence-electron chi connectivity index (χ0n) is 9.52. The minimum Gasteiger partial charge on any atom is -0.388 e. The maximum atomic E-state index is 9.54. The minimum atomic E-state index is -0.427. The van der Waals surface area contributed by atoms with E-state index in [0.29, 0.717) is 0 Å². The Morgan fingerprint density at radius 2 is 2.12 bits per heavy atom. The second kappa shape index (κ2) is 4.61. The summed E-state index contributed by atoms with van der Waals surface area (Å²) in [6.07, 6.45) is 0.339. The van der Waals surface area contributed by atoms with E-state index in [1.165, 1.54) is 0 Å². The van der Waals surface area contributed by atoms with Gasteiger partial charge in [0.2, 0.25) is 0 Å². The fourth-order valence-electron chi connectivity index (χ4n) is 1.57. The third-order valence-electron chi connectivity index (χ3n) is 2.26. The normalized spacial score (nSPS) is 13.0. The van der Waals surface area contributed by atoms with E-state index in [1.807, 2.05) is 13.8 Å². The van der Waals surface area contributed by atoms with Gasteiger partial charge in [-0.25, -0.2) is 9.97 Å². The Bertz CT molecular complexity index is 488. The molecule has 1 N–H and O–H groups in total. The summed E-state index contributed by atoms with van der Waals surface area (Å²) in [4.78, 5) is 9.83. The predicted octanol–water partition coefficient (Wildman–Crippen LogP) is 2.86. The highest BCUT2D eigenvalue weighted by Crippen LogP contribution is 2.26. The predicted molar refractivity (Wildman–Crippen MR) is 67.1 cm³/mol. The quantitative estimate of drug-likeness (QED) is 0.916. The zero-order chi connectivity index (χ0) is 11.7. The molecular formula is C11H14N2OS2. The Balaban J connectivity index is 2.19. The van der Waals surface area contributed by atoms with E-state index in [1.54, 1.807) is 29.6 Å². The molecule has 0 saturated carbocycles. The second-order valence-corrected chi connectivity index (χ2v) is 5.95. The van der Waals surface area contributed by atoms with Crippen molar-refractivity contribution in [3.63, 3.8) is 0 Å². The van der Waals surface area contributed by atoms with Crippen LogP contribution in [0.5, 0.6) is 0 Å². The van der Waals surface area contributed by atoms with E-state index in [-0.39, 0.29) is 0 Å².